The van der Waals surface area contributed by atoms with Crippen molar-refractivity contribution in [3.8, 4) is 5.75 Å². The summed E-state index contributed by atoms with van der Waals surface area (Å²) >= 11 is 0. The van der Waals surface area contributed by atoms with E-state index in [1.807, 2.05) is 18.2 Å². The first-order chi connectivity index (χ1) is 13.2. The minimum absolute atomic E-state index is 0.0855. The number of nitrogens with one attached hydrogen (secondary N) is 1. The smallest absolute Gasteiger partial charge is 0.192 e. The van der Waals surface area contributed by atoms with E-state index >= 15 is 0 Å². The fraction of sp³-hybridized carbons (Fsp3) is 0.500. The summed E-state index contributed by atoms with van der Waals surface area (Å²) in [6.45, 7) is 13.8. The van der Waals surface area contributed by atoms with E-state index in [4.69, 9.17) is 9.16 Å². The zero-order chi connectivity index (χ0) is 20.8. The van der Waals surface area contributed by atoms with Crippen molar-refractivity contribution in [2.24, 2.45) is 0 Å². The predicted octanol–water partition coefficient (Wildman–Crippen LogP) is 7.04. The Morgan fingerprint density at radius 3 is 2.07 bits per heavy atom. The molecule has 0 aliphatic rings. The fourth-order valence-electron chi connectivity index (χ4n) is 3.05. The summed E-state index contributed by atoms with van der Waals surface area (Å²) in [6, 6.07) is 18.9. The molecule has 0 saturated heterocycles. The van der Waals surface area contributed by atoms with Crippen LogP contribution in [-0.4, -0.2) is 21.5 Å². The van der Waals surface area contributed by atoms with Gasteiger partial charge in [0.15, 0.2) is 8.32 Å². The summed E-state index contributed by atoms with van der Waals surface area (Å²) in [5, 5.41) is 3.92. The molecule has 0 aliphatic heterocycles. The number of rotatable bonds is 9. The number of benzene rings is 2. The van der Waals surface area contributed by atoms with Gasteiger partial charge in [-0.25, -0.2) is 0 Å². The lowest BCUT2D eigenvalue weighted by molar-refractivity contribution is 0.149. The monoisotopic (exact) mass is 399 g/mol. The molecule has 3 nitrogen and oxygen atoms in total. The van der Waals surface area contributed by atoms with Crippen molar-refractivity contribution >= 4 is 14.0 Å². The molecule has 0 heterocycles. The highest BCUT2D eigenvalue weighted by atomic mass is 28.4. The molecule has 28 heavy (non-hydrogen) atoms. The van der Waals surface area contributed by atoms with Crippen molar-refractivity contribution in [3.05, 3.63) is 60.2 Å². The number of hydrogen-bond acceptors (Lipinski definition) is 3. The Bertz CT molecular complexity index is 708. The second kappa shape index (κ2) is 9.62. The molecule has 2 unspecified atom stereocenters. The number of hydrogen-bond donors (Lipinski definition) is 1. The lowest BCUT2D eigenvalue weighted by atomic mass is 9.97. The minimum Gasteiger partial charge on any atom is -0.497 e. The largest absolute Gasteiger partial charge is 0.497 e. The van der Waals surface area contributed by atoms with E-state index in [1.165, 1.54) is 5.56 Å². The van der Waals surface area contributed by atoms with E-state index in [1.54, 1.807) is 7.11 Å². The Labute approximate surface area is 172 Å². The van der Waals surface area contributed by atoms with Gasteiger partial charge in [-0.2, -0.15) is 0 Å². The van der Waals surface area contributed by atoms with Crippen LogP contribution in [0.3, 0.4) is 0 Å². The Balaban J connectivity index is 2.40. The summed E-state index contributed by atoms with van der Waals surface area (Å²) in [6.07, 6.45) is 2.21. The minimum atomic E-state index is -1.90. The molecule has 0 bridgehead atoms. The van der Waals surface area contributed by atoms with Gasteiger partial charge in [-0.3, -0.25) is 0 Å². The van der Waals surface area contributed by atoms with Crippen LogP contribution >= 0.6 is 0 Å². The summed E-state index contributed by atoms with van der Waals surface area (Å²) in [5.74, 6) is 0.875. The van der Waals surface area contributed by atoms with Crippen molar-refractivity contribution in [1.29, 1.82) is 0 Å². The predicted molar refractivity (Wildman–Crippen MR) is 123 cm³/mol. The molecule has 0 spiro atoms. The third kappa shape index (κ3) is 5.86. The van der Waals surface area contributed by atoms with Crippen LogP contribution in [0.5, 0.6) is 5.75 Å². The van der Waals surface area contributed by atoms with Gasteiger partial charge in [-0.05, 0) is 54.4 Å². The van der Waals surface area contributed by atoms with Crippen LogP contribution < -0.4 is 10.1 Å². The second-order valence-corrected chi connectivity index (χ2v) is 13.7. The van der Waals surface area contributed by atoms with Crippen LogP contribution in [0.15, 0.2) is 54.6 Å². The first kappa shape index (κ1) is 22.5. The van der Waals surface area contributed by atoms with Crippen LogP contribution in [0, 0.1) is 0 Å². The maximum absolute atomic E-state index is 6.93. The van der Waals surface area contributed by atoms with E-state index in [-0.39, 0.29) is 17.2 Å². The molecule has 1 N–H and O–H groups in total. The summed E-state index contributed by atoms with van der Waals surface area (Å²) in [7, 11) is -0.197. The highest BCUT2D eigenvalue weighted by Crippen LogP contribution is 2.40. The van der Waals surface area contributed by atoms with Crippen molar-refractivity contribution in [2.45, 2.75) is 70.8 Å². The van der Waals surface area contributed by atoms with Crippen LogP contribution in [0.25, 0.3) is 0 Å². The maximum atomic E-state index is 6.93. The molecule has 2 atom stereocenters. The quantitative estimate of drug-likeness (QED) is 0.459. The summed E-state index contributed by atoms with van der Waals surface area (Å²) in [5.41, 5.74) is 2.34. The van der Waals surface area contributed by atoms with Crippen molar-refractivity contribution < 1.29 is 9.16 Å². The van der Waals surface area contributed by atoms with E-state index < -0.39 is 8.32 Å². The highest BCUT2D eigenvalue weighted by Gasteiger charge is 2.40. The second-order valence-electron chi connectivity index (χ2n) is 8.97. The first-order valence-corrected chi connectivity index (χ1v) is 13.2. The molecular formula is C24H37NO2Si. The Morgan fingerprint density at radius 1 is 0.964 bits per heavy atom. The van der Waals surface area contributed by atoms with Crippen LogP contribution in [0.4, 0.5) is 5.69 Å². The summed E-state index contributed by atoms with van der Waals surface area (Å²) in [4.78, 5) is 0. The van der Waals surface area contributed by atoms with Gasteiger partial charge in [0.1, 0.15) is 5.75 Å². The third-order valence-corrected chi connectivity index (χ3v) is 10.3. The molecule has 0 saturated carbocycles. The molecule has 0 aliphatic carbocycles. The maximum Gasteiger partial charge on any atom is 0.192 e. The number of methoxy groups -OCH3 is 1. The molecule has 2 aromatic rings. The van der Waals surface area contributed by atoms with E-state index in [9.17, 15) is 0 Å². The van der Waals surface area contributed by atoms with Gasteiger partial charge in [0.2, 0.25) is 0 Å². The van der Waals surface area contributed by atoms with Gasteiger partial charge in [-0.15, -0.1) is 0 Å². The lowest BCUT2D eigenvalue weighted by Gasteiger charge is -2.42. The zero-order valence-corrected chi connectivity index (χ0v) is 19.6. The normalized spacial score (nSPS) is 14.4. The fourth-order valence-corrected chi connectivity index (χ4v) is 4.41. The topological polar surface area (TPSA) is 30.5 Å². The van der Waals surface area contributed by atoms with Gasteiger partial charge in [0.05, 0.1) is 19.3 Å². The van der Waals surface area contributed by atoms with Crippen LogP contribution in [-0.2, 0) is 4.43 Å². The molecule has 0 radical (unpaired) electrons. The average molecular weight is 400 g/mol. The van der Waals surface area contributed by atoms with E-state index in [2.05, 4.69) is 82.5 Å². The number of anilines is 1. The highest BCUT2D eigenvalue weighted by molar-refractivity contribution is 6.74. The third-order valence-electron chi connectivity index (χ3n) is 5.77. The average Bonchev–Trinajstić information content (AvgIpc) is 2.66. The Hall–Kier alpha value is -1.78. The summed E-state index contributed by atoms with van der Waals surface area (Å²) < 4.78 is 12.3. The van der Waals surface area contributed by atoms with Crippen molar-refractivity contribution in [3.63, 3.8) is 0 Å². The standard InChI is InChI=1S/C24H37NO2Si/c1-8-12-22(27-28(6,7)24(2,3)4)23(25-20-13-10-9-11-14-20)19-15-17-21(26-5)18-16-19/h9-11,13-18,22-23,25H,8,12H2,1-7H3. The first-order valence-electron chi connectivity index (χ1n) is 10.3. The van der Waals surface area contributed by atoms with Gasteiger partial charge < -0.3 is 14.5 Å². The molecule has 0 aromatic heterocycles. The van der Waals surface area contributed by atoms with Gasteiger partial charge in [0.25, 0.3) is 0 Å². The molecular weight excluding hydrogens is 362 g/mol. The molecule has 4 heteroatoms. The van der Waals surface area contributed by atoms with Crippen LogP contribution in [0.1, 0.15) is 52.1 Å². The lowest BCUT2D eigenvalue weighted by Crippen LogP contribution is -2.46. The SMILES string of the molecule is CCCC(O[Si](C)(C)C(C)(C)C)C(Nc1ccccc1)c1ccc(OC)cc1. The molecule has 2 aromatic carbocycles. The molecule has 2 rings (SSSR count). The Kier molecular flexibility index (Phi) is 7.73. The van der Waals surface area contributed by atoms with Crippen molar-refractivity contribution in [2.75, 3.05) is 12.4 Å². The number of ether oxygens (including phenoxy) is 1. The zero-order valence-electron chi connectivity index (χ0n) is 18.6. The van der Waals surface area contributed by atoms with Crippen molar-refractivity contribution in [1.82, 2.24) is 0 Å². The van der Waals surface area contributed by atoms with Crippen LogP contribution in [0.2, 0.25) is 18.1 Å². The van der Waals surface area contributed by atoms with Gasteiger partial charge >= 0.3 is 0 Å². The Morgan fingerprint density at radius 2 is 1.57 bits per heavy atom. The van der Waals surface area contributed by atoms with E-state index in [0.29, 0.717) is 0 Å². The van der Waals surface area contributed by atoms with Gasteiger partial charge in [-0.1, -0.05) is 64.4 Å². The molecule has 0 amide bonds. The van der Waals surface area contributed by atoms with E-state index in [0.717, 1.165) is 24.3 Å². The molecule has 154 valence electrons. The number of para-hydroxylation sites is 1. The van der Waals surface area contributed by atoms with Gasteiger partial charge in [0, 0.05) is 5.69 Å². The molecule has 0 fully saturated rings.